The van der Waals surface area contributed by atoms with Crippen LogP contribution in [0.3, 0.4) is 0 Å². The molecule has 1 aromatic heterocycles. The van der Waals surface area contributed by atoms with Gasteiger partial charge in [-0.1, -0.05) is 42.5 Å². The lowest BCUT2D eigenvalue weighted by Crippen LogP contribution is -2.28. The van der Waals surface area contributed by atoms with Crippen LogP contribution >= 0.6 is 0 Å². The Balaban J connectivity index is 1.55. The fraction of sp³-hybridized carbons (Fsp3) is 0.476. The Morgan fingerprint density at radius 2 is 1.92 bits per heavy atom. The van der Waals surface area contributed by atoms with Gasteiger partial charge >= 0.3 is 0 Å². The highest BCUT2D eigenvalue weighted by atomic mass is 19.3. The van der Waals surface area contributed by atoms with E-state index in [2.05, 4.69) is 51.5 Å². The molecule has 0 unspecified atom stereocenters. The number of aromatic nitrogens is 2. The number of nitrogens with zero attached hydrogens (tertiary/aromatic N) is 2. The molecule has 1 aromatic carbocycles. The first kappa shape index (κ1) is 17.4. The quantitative estimate of drug-likeness (QED) is 0.773. The van der Waals surface area contributed by atoms with Crippen molar-refractivity contribution >= 4 is 0 Å². The fourth-order valence-electron chi connectivity index (χ4n) is 4.43. The van der Waals surface area contributed by atoms with E-state index in [0.29, 0.717) is 11.8 Å². The van der Waals surface area contributed by atoms with Crippen molar-refractivity contribution in [3.8, 4) is 0 Å². The molecule has 3 nitrogen and oxygen atoms in total. The van der Waals surface area contributed by atoms with E-state index in [4.69, 9.17) is 0 Å². The van der Waals surface area contributed by atoms with Crippen LogP contribution in [0.15, 0.2) is 48.6 Å². The van der Waals surface area contributed by atoms with Gasteiger partial charge in [-0.3, -0.25) is 5.10 Å². The van der Waals surface area contributed by atoms with Crippen LogP contribution in [-0.4, -0.2) is 34.7 Å². The van der Waals surface area contributed by atoms with Crippen LogP contribution in [0.1, 0.15) is 54.5 Å². The summed E-state index contributed by atoms with van der Waals surface area (Å²) in [6, 6.07) is 12.0. The minimum atomic E-state index is -2.53. The number of allylic oxidation sites excluding steroid dienone is 2. The van der Waals surface area contributed by atoms with Crippen molar-refractivity contribution in [2.45, 2.75) is 37.5 Å². The number of aromatic amines is 1. The van der Waals surface area contributed by atoms with Crippen molar-refractivity contribution in [2.75, 3.05) is 19.6 Å². The number of nitrogens with one attached hydrogen (secondary N) is 1. The molecule has 1 saturated heterocycles. The topological polar surface area (TPSA) is 31.9 Å². The molecular formula is C21H25F2N3. The van der Waals surface area contributed by atoms with Crippen LogP contribution in [0.4, 0.5) is 8.78 Å². The smallest absolute Gasteiger partial charge is 0.282 e. The van der Waals surface area contributed by atoms with Gasteiger partial charge < -0.3 is 4.90 Å². The third-order valence-corrected chi connectivity index (χ3v) is 5.76. The summed E-state index contributed by atoms with van der Waals surface area (Å²) >= 11 is 0. The molecule has 0 amide bonds. The average molecular weight is 357 g/mol. The molecule has 0 radical (unpaired) electrons. The number of hydrogen-bond acceptors (Lipinski definition) is 2. The highest BCUT2D eigenvalue weighted by Crippen LogP contribution is 2.40. The minimum Gasteiger partial charge on any atom is -0.302 e. The molecule has 1 N–H and O–H groups in total. The van der Waals surface area contributed by atoms with Gasteiger partial charge in [0, 0.05) is 37.2 Å². The van der Waals surface area contributed by atoms with E-state index < -0.39 is 6.43 Å². The van der Waals surface area contributed by atoms with Gasteiger partial charge in [-0.05, 0) is 36.8 Å². The van der Waals surface area contributed by atoms with Crippen molar-refractivity contribution in [3.63, 3.8) is 0 Å². The van der Waals surface area contributed by atoms with Gasteiger partial charge in [0.2, 0.25) is 0 Å². The SMILES string of the molecule is FC(F)c1cc([C@@H]2CN(C[C@H]3CC=CCC3)C[C@H]2c2ccccc2)[nH]n1. The van der Waals surface area contributed by atoms with Crippen molar-refractivity contribution in [2.24, 2.45) is 5.92 Å². The molecule has 0 bridgehead atoms. The summed E-state index contributed by atoms with van der Waals surface area (Å²) in [4.78, 5) is 2.51. The van der Waals surface area contributed by atoms with Crippen LogP contribution < -0.4 is 0 Å². The standard InChI is InChI=1S/C21H25F2N3/c22-21(23)20-11-19(24-25-20)18-14-26(12-15-7-3-1-4-8-15)13-17(18)16-9-5-2-6-10-16/h1-3,5-6,9-11,15,17-18,21H,4,7-8,12-14H2,(H,24,25)/t15-,17-,18+/m0/s1. The summed E-state index contributed by atoms with van der Waals surface area (Å²) in [7, 11) is 0. The molecule has 26 heavy (non-hydrogen) atoms. The van der Waals surface area contributed by atoms with Crippen LogP contribution in [0.5, 0.6) is 0 Å². The number of H-pyrrole nitrogens is 1. The average Bonchev–Trinajstić information content (AvgIpc) is 3.30. The highest BCUT2D eigenvalue weighted by Gasteiger charge is 2.37. The Morgan fingerprint density at radius 3 is 2.62 bits per heavy atom. The first-order valence-electron chi connectivity index (χ1n) is 9.46. The molecule has 3 atom stereocenters. The molecule has 1 aliphatic heterocycles. The summed E-state index contributed by atoms with van der Waals surface area (Å²) in [5.41, 5.74) is 1.96. The minimum absolute atomic E-state index is 0.150. The van der Waals surface area contributed by atoms with E-state index in [0.717, 1.165) is 31.7 Å². The van der Waals surface area contributed by atoms with E-state index in [9.17, 15) is 8.78 Å². The van der Waals surface area contributed by atoms with E-state index in [1.165, 1.54) is 18.4 Å². The lowest BCUT2D eigenvalue weighted by atomic mass is 9.87. The zero-order valence-electron chi connectivity index (χ0n) is 14.8. The Hall–Kier alpha value is -2.01. The largest absolute Gasteiger partial charge is 0.302 e. The number of hydrogen-bond donors (Lipinski definition) is 1. The maximum absolute atomic E-state index is 13.0. The highest BCUT2D eigenvalue weighted by molar-refractivity contribution is 5.29. The molecule has 5 heteroatoms. The van der Waals surface area contributed by atoms with Crippen molar-refractivity contribution in [3.05, 3.63) is 65.5 Å². The molecule has 2 aliphatic rings. The van der Waals surface area contributed by atoms with Crippen molar-refractivity contribution < 1.29 is 8.78 Å². The van der Waals surface area contributed by atoms with Gasteiger partial charge in [-0.2, -0.15) is 5.10 Å². The first-order chi connectivity index (χ1) is 12.7. The summed E-state index contributed by atoms with van der Waals surface area (Å²) < 4.78 is 25.9. The van der Waals surface area contributed by atoms with Gasteiger partial charge in [0.15, 0.2) is 0 Å². The molecule has 2 heterocycles. The molecule has 0 spiro atoms. The number of benzene rings is 1. The van der Waals surface area contributed by atoms with Crippen LogP contribution in [-0.2, 0) is 0 Å². The van der Waals surface area contributed by atoms with Crippen molar-refractivity contribution in [1.29, 1.82) is 0 Å². The lowest BCUT2D eigenvalue weighted by Gasteiger charge is -2.24. The van der Waals surface area contributed by atoms with Crippen LogP contribution in [0.2, 0.25) is 0 Å². The maximum Gasteiger partial charge on any atom is 0.282 e. The molecule has 138 valence electrons. The molecule has 2 aromatic rings. The monoisotopic (exact) mass is 357 g/mol. The number of halogens is 2. The van der Waals surface area contributed by atoms with E-state index in [1.54, 1.807) is 6.07 Å². The van der Waals surface area contributed by atoms with E-state index >= 15 is 0 Å². The summed E-state index contributed by atoms with van der Waals surface area (Å²) in [6.45, 7) is 2.95. The van der Waals surface area contributed by atoms with Gasteiger partial charge in [-0.15, -0.1) is 0 Å². The second-order valence-electron chi connectivity index (χ2n) is 7.54. The Kier molecular flexibility index (Phi) is 5.16. The van der Waals surface area contributed by atoms with Gasteiger partial charge in [0.1, 0.15) is 5.69 Å². The van der Waals surface area contributed by atoms with Gasteiger partial charge in [-0.25, -0.2) is 8.78 Å². The molecule has 4 rings (SSSR count). The Bertz CT molecular complexity index is 741. The zero-order valence-corrected chi connectivity index (χ0v) is 14.8. The van der Waals surface area contributed by atoms with Gasteiger partial charge in [0.05, 0.1) is 0 Å². The zero-order chi connectivity index (χ0) is 17.9. The number of likely N-dealkylation sites (tertiary alicyclic amines) is 1. The second kappa shape index (κ2) is 7.70. The summed E-state index contributed by atoms with van der Waals surface area (Å²) in [5, 5.41) is 6.71. The third kappa shape index (κ3) is 3.73. The lowest BCUT2D eigenvalue weighted by molar-refractivity contribution is 0.146. The summed E-state index contributed by atoms with van der Waals surface area (Å²) in [5.74, 6) is 1.19. The van der Waals surface area contributed by atoms with Crippen LogP contribution in [0.25, 0.3) is 0 Å². The Labute approximate surface area is 153 Å². The van der Waals surface area contributed by atoms with Crippen LogP contribution in [0, 0.1) is 5.92 Å². The normalized spacial score (nSPS) is 26.7. The summed E-state index contributed by atoms with van der Waals surface area (Å²) in [6.07, 6.45) is 5.60. The molecule has 1 fully saturated rings. The molecule has 0 saturated carbocycles. The number of rotatable bonds is 5. The predicted octanol–water partition coefficient (Wildman–Crippen LogP) is 4.89. The predicted molar refractivity (Wildman–Crippen MR) is 98.4 cm³/mol. The molecule has 1 aliphatic carbocycles. The van der Waals surface area contributed by atoms with Crippen molar-refractivity contribution in [1.82, 2.24) is 15.1 Å². The fourth-order valence-corrected chi connectivity index (χ4v) is 4.43. The Morgan fingerprint density at radius 1 is 1.12 bits per heavy atom. The number of alkyl halides is 2. The van der Waals surface area contributed by atoms with E-state index in [-0.39, 0.29) is 11.6 Å². The maximum atomic E-state index is 13.0. The third-order valence-electron chi connectivity index (χ3n) is 5.76. The second-order valence-corrected chi connectivity index (χ2v) is 7.54. The molecular weight excluding hydrogens is 332 g/mol. The first-order valence-corrected chi connectivity index (χ1v) is 9.46. The van der Waals surface area contributed by atoms with E-state index in [1.807, 2.05) is 6.07 Å². The van der Waals surface area contributed by atoms with Gasteiger partial charge in [0.25, 0.3) is 6.43 Å².